The summed E-state index contributed by atoms with van der Waals surface area (Å²) in [5.74, 6) is -0.846. The van der Waals surface area contributed by atoms with Crippen molar-refractivity contribution in [1.29, 1.82) is 0 Å². The number of nitrogens with one attached hydrogen (secondary N) is 1. The van der Waals surface area contributed by atoms with Crippen molar-refractivity contribution in [2.75, 3.05) is 58.7 Å². The Morgan fingerprint density at radius 2 is 1.71 bits per heavy atom. The molecule has 0 radical (unpaired) electrons. The molecule has 5 rings (SSSR count). The van der Waals surface area contributed by atoms with E-state index in [1.54, 1.807) is 20.0 Å². The molecule has 2 aromatic carbocycles. The van der Waals surface area contributed by atoms with Crippen molar-refractivity contribution in [3.63, 3.8) is 0 Å². The van der Waals surface area contributed by atoms with Crippen molar-refractivity contribution in [2.45, 2.75) is 152 Å². The molecule has 15 heteroatoms. The third-order valence-electron chi connectivity index (χ3n) is 13.7. The van der Waals surface area contributed by atoms with E-state index in [0.29, 0.717) is 74.1 Å². The van der Waals surface area contributed by atoms with Crippen LogP contribution in [0.25, 0.3) is 5.57 Å². The first-order valence-electron chi connectivity index (χ1n) is 26.7. The topological polar surface area (TPSA) is 158 Å². The molecule has 2 aromatic rings. The Morgan fingerprint density at radius 1 is 1.07 bits per heavy atom. The number of carbonyl (C=O) groups is 4. The summed E-state index contributed by atoms with van der Waals surface area (Å²) in [5, 5.41) is 2.97. The van der Waals surface area contributed by atoms with Gasteiger partial charge in [-0.05, 0) is 165 Å². The van der Waals surface area contributed by atoms with Crippen LogP contribution in [-0.2, 0) is 26.2 Å². The van der Waals surface area contributed by atoms with E-state index < -0.39 is 5.91 Å². The average Bonchev–Trinajstić information content (AvgIpc) is 3.62. The van der Waals surface area contributed by atoms with Crippen molar-refractivity contribution in [1.82, 2.24) is 19.8 Å². The molecule has 2 atom stereocenters. The van der Waals surface area contributed by atoms with Crippen molar-refractivity contribution in [3.05, 3.63) is 125 Å². The number of likely N-dealkylation sites (tertiary alicyclic amines) is 1. The molecule has 0 saturated carbocycles. The fourth-order valence-corrected chi connectivity index (χ4v) is 8.95. The van der Waals surface area contributed by atoms with Gasteiger partial charge in [0.2, 0.25) is 11.8 Å². The van der Waals surface area contributed by atoms with E-state index in [-0.39, 0.29) is 97.2 Å². The van der Waals surface area contributed by atoms with Gasteiger partial charge in [-0.1, -0.05) is 81.6 Å². The molecule has 1 saturated heterocycles. The largest absolute Gasteiger partial charge is 1.00 e. The molecule has 0 aliphatic carbocycles. The van der Waals surface area contributed by atoms with Gasteiger partial charge in [-0.25, -0.2) is 4.39 Å². The predicted octanol–water partition coefficient (Wildman–Crippen LogP) is 8.52. The molecule has 3 aliphatic rings. The van der Waals surface area contributed by atoms with Crippen LogP contribution in [0.15, 0.2) is 89.1 Å². The molecule has 412 valence electrons. The molecule has 1 fully saturated rings. The van der Waals surface area contributed by atoms with Crippen LogP contribution in [0.5, 0.6) is 0 Å². The van der Waals surface area contributed by atoms with Crippen LogP contribution in [0.3, 0.4) is 0 Å². The van der Waals surface area contributed by atoms with Crippen LogP contribution in [0.1, 0.15) is 154 Å². The average molecular weight is 1070 g/mol. The fraction of sp³-hybridized carbons (Fsp3) is 0.533. The SMILES string of the molecule is C=C(/C=C(\C)C(C)N1CC=C(c2c(C)cc(C(=O)N3CCC(CN(CCC)C(C)CC)CC3)cc2F)CC1)/C(=C\C=NC)N(F)C(=O)/C=C\C.CC.CCc1ccc2c(c1)C(C)(C)C(=O)N2.CN.[CH2-]CCC(N)=O.[K+]. The molecule has 3 heterocycles. The quantitative estimate of drug-likeness (QED) is 0.0338. The molecule has 12 nitrogen and oxygen atoms in total. The van der Waals surface area contributed by atoms with Gasteiger partial charge < -0.3 is 33.5 Å². The van der Waals surface area contributed by atoms with Gasteiger partial charge in [-0.15, -0.1) is 5.12 Å². The first-order chi connectivity index (χ1) is 35.2. The molecule has 3 aliphatic heterocycles. The Labute approximate surface area is 494 Å². The number of halogens is 2. The summed E-state index contributed by atoms with van der Waals surface area (Å²) in [7, 11) is 3.07. The van der Waals surface area contributed by atoms with Crippen LogP contribution in [0.4, 0.5) is 14.6 Å². The number of fused-ring (bicyclic) bond motifs is 1. The number of nitrogens with zero attached hydrogens (tertiary/aromatic N) is 5. The monoisotopic (exact) mass is 1070 g/mol. The van der Waals surface area contributed by atoms with Gasteiger partial charge in [0.1, 0.15) is 5.82 Å². The maximum absolute atomic E-state index is 15.7. The van der Waals surface area contributed by atoms with Crippen molar-refractivity contribution < 1.29 is 79.4 Å². The van der Waals surface area contributed by atoms with Gasteiger partial charge in [0.25, 0.3) is 11.8 Å². The second-order valence-corrected chi connectivity index (χ2v) is 19.2. The van der Waals surface area contributed by atoms with Crippen LogP contribution in [-0.4, -0.2) is 115 Å². The Balaban J connectivity index is 0.00000180. The number of amides is 4. The Morgan fingerprint density at radius 3 is 2.20 bits per heavy atom. The molecule has 5 N–H and O–H groups in total. The maximum atomic E-state index is 15.7. The number of anilines is 1. The number of aliphatic imine (C=N–C) groups is 1. The second-order valence-electron chi connectivity index (χ2n) is 19.2. The third kappa shape index (κ3) is 21.8. The van der Waals surface area contributed by atoms with E-state index >= 15 is 4.39 Å². The molecular formula is C60H93F2KN8O4. The molecule has 0 bridgehead atoms. The number of hydrogen-bond acceptors (Lipinski definition) is 8. The van der Waals surface area contributed by atoms with Crippen LogP contribution in [0, 0.1) is 25.6 Å². The van der Waals surface area contributed by atoms with Crippen molar-refractivity contribution in [2.24, 2.45) is 22.4 Å². The normalized spacial score (nSPS) is 16.3. The zero-order chi connectivity index (χ0) is 56.3. The van der Waals surface area contributed by atoms with E-state index in [9.17, 15) is 23.7 Å². The van der Waals surface area contributed by atoms with Gasteiger partial charge in [-0.3, -0.25) is 29.1 Å². The van der Waals surface area contributed by atoms with E-state index in [1.807, 2.05) is 58.6 Å². The summed E-state index contributed by atoms with van der Waals surface area (Å²) >= 11 is 0. The number of rotatable bonds is 18. The summed E-state index contributed by atoms with van der Waals surface area (Å²) in [6.07, 6.45) is 16.2. The number of benzene rings is 2. The Kier molecular flexibility index (Phi) is 35.0. The fourth-order valence-electron chi connectivity index (χ4n) is 8.95. The van der Waals surface area contributed by atoms with Crippen LogP contribution < -0.4 is 68.2 Å². The van der Waals surface area contributed by atoms with Crippen LogP contribution >= 0.6 is 0 Å². The number of piperidine rings is 1. The number of aryl methyl sites for hydroxylation is 2. The standard InChI is InChI=1S/C41H59F2N5O2.C12H15NO.C4H8NO.C2H6.CH5N.K/c1-10-13-39(49)48(43)38(14-19-44-9)30(5)25-29(4)33(8)45-23-17-35(18-24-45)40-31(6)26-36(27-37(40)42)41(50)46-21-15-34(16-22-46)28-47(20-11-2)32(7)12-3;1-4-8-5-6-10-9(7-8)12(2,3)11(14)13-10;1-2-3-4(5)6;2*1-2;/h10,13-14,17,19,25-27,32-34H,5,11-12,15-16,18,20-24,28H2,1-4,6-9H3;5-7H,4H2,1-3H3,(H,13,14);1-3H2,(H2,5,6);1-2H3;2H2,1H3;/q;;-1;;;+1/b13-10-,29-25+,38-14+,44-19?;;;;;. The van der Waals surface area contributed by atoms with E-state index in [2.05, 4.69) is 92.2 Å². The molecule has 75 heavy (non-hydrogen) atoms. The summed E-state index contributed by atoms with van der Waals surface area (Å²) in [6, 6.07) is 10.0. The summed E-state index contributed by atoms with van der Waals surface area (Å²) in [4.78, 5) is 57.7. The maximum Gasteiger partial charge on any atom is 1.00 e. The van der Waals surface area contributed by atoms with E-state index in [1.165, 1.54) is 37.0 Å². The zero-order valence-corrected chi connectivity index (χ0v) is 51.8. The number of allylic oxidation sites excluding steroid dienone is 3. The Bertz CT molecular complexity index is 2280. The first kappa shape index (κ1) is 71.1. The van der Waals surface area contributed by atoms with E-state index in [4.69, 9.17) is 5.73 Å². The molecule has 0 aromatic heterocycles. The van der Waals surface area contributed by atoms with Crippen LogP contribution in [0.2, 0.25) is 0 Å². The zero-order valence-electron chi connectivity index (χ0n) is 48.7. The first-order valence-corrected chi connectivity index (χ1v) is 26.7. The van der Waals surface area contributed by atoms with Gasteiger partial charge in [-0.2, -0.15) is 6.42 Å². The number of hydrogen-bond donors (Lipinski definition) is 3. The van der Waals surface area contributed by atoms with Gasteiger partial charge in [0.15, 0.2) is 0 Å². The summed E-state index contributed by atoms with van der Waals surface area (Å²) in [6.45, 7) is 36.7. The van der Waals surface area contributed by atoms with Crippen molar-refractivity contribution >= 4 is 41.1 Å². The summed E-state index contributed by atoms with van der Waals surface area (Å²) in [5.41, 5.74) is 16.2. The molecule has 0 spiro atoms. The van der Waals surface area contributed by atoms with Crippen molar-refractivity contribution in [3.8, 4) is 0 Å². The minimum Gasteiger partial charge on any atom is -0.370 e. The number of carbonyl (C=O) groups excluding carboxylic acids is 4. The number of nitrogens with two attached hydrogens (primary N) is 2. The second kappa shape index (κ2) is 37.0. The van der Waals surface area contributed by atoms with E-state index in [0.717, 1.165) is 79.2 Å². The Hall–Kier alpha value is -3.93. The van der Waals surface area contributed by atoms with Gasteiger partial charge in [0, 0.05) is 81.0 Å². The molecular weight excluding hydrogens is 974 g/mol. The summed E-state index contributed by atoms with van der Waals surface area (Å²) < 4.78 is 30.7. The molecule has 4 amide bonds. The smallest absolute Gasteiger partial charge is 0.370 e. The predicted molar refractivity (Wildman–Crippen MR) is 306 cm³/mol. The molecule has 2 unspecified atom stereocenters. The van der Waals surface area contributed by atoms with Gasteiger partial charge in [0.05, 0.1) is 11.1 Å². The third-order valence-corrected chi connectivity index (χ3v) is 13.7. The minimum absolute atomic E-state index is 0. The van der Waals surface area contributed by atoms with Gasteiger partial charge >= 0.3 is 51.4 Å². The number of primary amides is 1. The minimum atomic E-state index is -0.802.